The Morgan fingerprint density at radius 2 is 2.04 bits per heavy atom. The van der Waals surface area contributed by atoms with Gasteiger partial charge in [-0.3, -0.25) is 4.79 Å². The number of nitrogens with one attached hydrogen (secondary N) is 2. The first-order valence-electron chi connectivity index (χ1n) is 10.3. The predicted octanol–water partition coefficient (Wildman–Crippen LogP) is 3.11. The molecule has 0 aliphatic carbocycles. The Balaban J connectivity index is 1.31. The molecular formula is C22H31N3O2. The van der Waals surface area contributed by atoms with Gasteiger partial charge in [0.05, 0.1) is 5.60 Å². The second-order valence-corrected chi connectivity index (χ2v) is 8.59. The van der Waals surface area contributed by atoms with Gasteiger partial charge in [-0.2, -0.15) is 0 Å². The smallest absolute Gasteiger partial charge is 0.249 e. The Bertz CT molecular complexity index is 790. The van der Waals surface area contributed by atoms with E-state index in [-0.39, 0.29) is 17.6 Å². The summed E-state index contributed by atoms with van der Waals surface area (Å²) in [5, 5.41) is 4.43. The Labute approximate surface area is 161 Å². The summed E-state index contributed by atoms with van der Waals surface area (Å²) in [6.07, 6.45) is 5.72. The minimum Gasteiger partial charge on any atom is -0.361 e. The number of hydrogen-bond donors (Lipinski definition) is 2. The largest absolute Gasteiger partial charge is 0.361 e. The molecule has 2 aliphatic heterocycles. The molecule has 146 valence electrons. The molecule has 1 spiro atoms. The summed E-state index contributed by atoms with van der Waals surface area (Å²) >= 11 is 0. The zero-order valence-electron chi connectivity index (χ0n) is 16.5. The van der Waals surface area contributed by atoms with Crippen LogP contribution in [-0.2, 0) is 16.0 Å². The maximum atomic E-state index is 12.1. The van der Waals surface area contributed by atoms with E-state index in [1.165, 1.54) is 16.5 Å². The predicted molar refractivity (Wildman–Crippen MR) is 108 cm³/mol. The summed E-state index contributed by atoms with van der Waals surface area (Å²) in [5.41, 5.74) is 2.45. The zero-order chi connectivity index (χ0) is 18.9. The van der Waals surface area contributed by atoms with E-state index in [1.54, 1.807) is 0 Å². The molecule has 27 heavy (non-hydrogen) atoms. The van der Waals surface area contributed by atoms with E-state index in [2.05, 4.69) is 59.5 Å². The number of fused-ring (bicyclic) bond motifs is 1. The maximum absolute atomic E-state index is 12.1. The van der Waals surface area contributed by atoms with Gasteiger partial charge in [0, 0.05) is 43.3 Å². The second-order valence-electron chi connectivity index (χ2n) is 8.59. The summed E-state index contributed by atoms with van der Waals surface area (Å²) in [6.45, 7) is 8.09. The zero-order valence-corrected chi connectivity index (χ0v) is 16.5. The lowest BCUT2D eigenvalue weighted by Gasteiger charge is -2.46. The summed E-state index contributed by atoms with van der Waals surface area (Å²) < 4.78 is 6.35. The number of rotatable bonds is 5. The van der Waals surface area contributed by atoms with Crippen molar-refractivity contribution in [3.05, 3.63) is 36.0 Å². The average molecular weight is 370 g/mol. The summed E-state index contributed by atoms with van der Waals surface area (Å²) in [4.78, 5) is 18.0. The number of carbonyl (C=O) groups is 1. The van der Waals surface area contributed by atoms with Gasteiger partial charge in [0.15, 0.2) is 0 Å². The number of morpholine rings is 1. The highest BCUT2D eigenvalue weighted by molar-refractivity contribution is 5.83. The number of hydrogen-bond acceptors (Lipinski definition) is 3. The van der Waals surface area contributed by atoms with E-state index in [0.717, 1.165) is 45.3 Å². The van der Waals surface area contributed by atoms with Gasteiger partial charge in [-0.1, -0.05) is 32.0 Å². The topological polar surface area (TPSA) is 57.4 Å². The van der Waals surface area contributed by atoms with Crippen molar-refractivity contribution in [2.75, 3.05) is 26.2 Å². The molecule has 1 unspecified atom stereocenters. The fourth-order valence-corrected chi connectivity index (χ4v) is 4.44. The van der Waals surface area contributed by atoms with E-state index in [0.29, 0.717) is 12.5 Å². The first-order valence-corrected chi connectivity index (χ1v) is 10.3. The highest BCUT2D eigenvalue weighted by Gasteiger charge is 2.43. The van der Waals surface area contributed by atoms with Gasteiger partial charge in [0.2, 0.25) is 5.91 Å². The number of para-hydroxylation sites is 1. The number of benzene rings is 1. The standard InChI is InChI=1S/C22H31N3O2/c1-16(2)13-20-21(26)24-15-22(27-20)8-11-25(12-9-22)10-7-17-14-23-19-6-4-3-5-18(17)19/h3-6,14,16,20,23H,7-13,15H2,1-2H3,(H,24,26). The minimum absolute atomic E-state index is 0.0658. The molecule has 1 amide bonds. The number of H-pyrrole nitrogens is 1. The molecule has 1 aromatic carbocycles. The Morgan fingerprint density at radius 3 is 2.81 bits per heavy atom. The van der Waals surface area contributed by atoms with Crippen LogP contribution in [0.25, 0.3) is 10.9 Å². The molecular weight excluding hydrogens is 338 g/mol. The van der Waals surface area contributed by atoms with Crippen LogP contribution in [0.15, 0.2) is 30.5 Å². The number of aromatic nitrogens is 1. The molecule has 2 aliphatic rings. The number of aromatic amines is 1. The third-order valence-electron chi connectivity index (χ3n) is 6.09. The molecule has 2 fully saturated rings. The molecule has 3 heterocycles. The van der Waals surface area contributed by atoms with Crippen LogP contribution in [0.2, 0.25) is 0 Å². The maximum Gasteiger partial charge on any atom is 0.249 e. The number of carbonyl (C=O) groups excluding carboxylic acids is 1. The Morgan fingerprint density at radius 1 is 1.26 bits per heavy atom. The molecule has 1 aromatic heterocycles. The van der Waals surface area contributed by atoms with Crippen LogP contribution in [0.4, 0.5) is 0 Å². The molecule has 0 bridgehead atoms. The number of piperidine rings is 1. The lowest BCUT2D eigenvalue weighted by Crippen LogP contribution is -2.60. The first kappa shape index (κ1) is 18.5. The molecule has 2 N–H and O–H groups in total. The SMILES string of the molecule is CC(C)CC1OC2(CCN(CCc3c[nH]c4ccccc34)CC2)CNC1=O. The summed E-state index contributed by atoms with van der Waals surface area (Å²) in [5.74, 6) is 0.531. The van der Waals surface area contributed by atoms with Crippen LogP contribution in [0, 0.1) is 5.92 Å². The Hall–Kier alpha value is -1.85. The molecule has 0 radical (unpaired) electrons. The van der Waals surface area contributed by atoms with Gasteiger partial charge >= 0.3 is 0 Å². The summed E-state index contributed by atoms with van der Waals surface area (Å²) in [7, 11) is 0. The van der Waals surface area contributed by atoms with Crippen molar-refractivity contribution in [1.29, 1.82) is 0 Å². The van der Waals surface area contributed by atoms with Crippen LogP contribution in [0.1, 0.15) is 38.7 Å². The molecule has 5 nitrogen and oxygen atoms in total. The second kappa shape index (κ2) is 7.64. The number of amides is 1. The van der Waals surface area contributed by atoms with Crippen LogP contribution in [-0.4, -0.2) is 53.7 Å². The monoisotopic (exact) mass is 369 g/mol. The molecule has 2 aromatic rings. The van der Waals surface area contributed by atoms with Crippen LogP contribution < -0.4 is 5.32 Å². The van der Waals surface area contributed by atoms with E-state index in [4.69, 9.17) is 4.74 Å². The number of nitrogens with zero attached hydrogens (tertiary/aromatic N) is 1. The minimum atomic E-state index is -0.281. The normalized spacial score (nSPS) is 23.2. The van der Waals surface area contributed by atoms with E-state index < -0.39 is 0 Å². The van der Waals surface area contributed by atoms with E-state index in [1.807, 2.05) is 0 Å². The quantitative estimate of drug-likeness (QED) is 0.851. The summed E-state index contributed by atoms with van der Waals surface area (Å²) in [6, 6.07) is 8.50. The number of ether oxygens (including phenoxy) is 1. The van der Waals surface area contributed by atoms with Crippen molar-refractivity contribution in [1.82, 2.24) is 15.2 Å². The van der Waals surface area contributed by atoms with Gasteiger partial charge < -0.3 is 19.9 Å². The fraction of sp³-hybridized carbons (Fsp3) is 0.591. The van der Waals surface area contributed by atoms with Gasteiger partial charge in [-0.15, -0.1) is 0 Å². The van der Waals surface area contributed by atoms with Crippen molar-refractivity contribution < 1.29 is 9.53 Å². The third kappa shape index (κ3) is 4.04. The van der Waals surface area contributed by atoms with Crippen LogP contribution in [0.5, 0.6) is 0 Å². The van der Waals surface area contributed by atoms with Crippen molar-refractivity contribution >= 4 is 16.8 Å². The number of likely N-dealkylation sites (tertiary alicyclic amines) is 1. The lowest BCUT2D eigenvalue weighted by molar-refractivity contribution is -0.172. The van der Waals surface area contributed by atoms with Crippen molar-refractivity contribution in [3.8, 4) is 0 Å². The molecule has 2 saturated heterocycles. The van der Waals surface area contributed by atoms with Crippen LogP contribution >= 0.6 is 0 Å². The van der Waals surface area contributed by atoms with Gasteiger partial charge in [0.1, 0.15) is 6.10 Å². The van der Waals surface area contributed by atoms with Crippen molar-refractivity contribution in [3.63, 3.8) is 0 Å². The lowest BCUT2D eigenvalue weighted by atomic mass is 9.88. The highest BCUT2D eigenvalue weighted by Crippen LogP contribution is 2.31. The van der Waals surface area contributed by atoms with Gasteiger partial charge in [-0.05, 0) is 43.2 Å². The molecule has 4 rings (SSSR count). The van der Waals surface area contributed by atoms with Crippen molar-refractivity contribution in [2.45, 2.75) is 51.2 Å². The van der Waals surface area contributed by atoms with Gasteiger partial charge in [0.25, 0.3) is 0 Å². The molecule has 5 heteroatoms. The highest BCUT2D eigenvalue weighted by atomic mass is 16.5. The molecule has 1 atom stereocenters. The average Bonchev–Trinajstić information content (AvgIpc) is 3.07. The van der Waals surface area contributed by atoms with E-state index >= 15 is 0 Å². The van der Waals surface area contributed by atoms with Crippen molar-refractivity contribution in [2.24, 2.45) is 5.92 Å². The fourth-order valence-electron chi connectivity index (χ4n) is 4.44. The van der Waals surface area contributed by atoms with Gasteiger partial charge in [-0.25, -0.2) is 0 Å². The van der Waals surface area contributed by atoms with Crippen LogP contribution in [0.3, 0.4) is 0 Å². The Kier molecular flexibility index (Phi) is 5.24. The first-order chi connectivity index (χ1) is 13.0. The third-order valence-corrected chi connectivity index (χ3v) is 6.09. The molecule has 0 saturated carbocycles. The van der Waals surface area contributed by atoms with E-state index in [9.17, 15) is 4.79 Å².